The highest BCUT2D eigenvalue weighted by Crippen LogP contribution is 2.26. The molecule has 2 nitrogen and oxygen atoms in total. The molecule has 0 aliphatic carbocycles. The third-order valence-corrected chi connectivity index (χ3v) is 2.66. The second kappa shape index (κ2) is 3.58. The Balaban J connectivity index is 2.49. The van der Waals surface area contributed by atoms with Crippen LogP contribution in [0.25, 0.3) is 11.0 Å². The van der Waals surface area contributed by atoms with Crippen LogP contribution < -0.4 is 0 Å². The van der Waals surface area contributed by atoms with Crippen molar-refractivity contribution in [2.75, 3.05) is 0 Å². The van der Waals surface area contributed by atoms with E-state index >= 15 is 0 Å². The maximum absolute atomic E-state index is 10.9. The highest BCUT2D eigenvalue weighted by Gasteiger charge is 2.05. The normalized spacial score (nSPS) is 10.7. The molecule has 3 heteroatoms. The summed E-state index contributed by atoms with van der Waals surface area (Å²) in [5, 5.41) is 1.02. The van der Waals surface area contributed by atoms with Crippen molar-refractivity contribution >= 4 is 32.7 Å². The number of halogens is 1. The Labute approximate surface area is 90.0 Å². The van der Waals surface area contributed by atoms with E-state index in [1.165, 1.54) is 0 Å². The van der Waals surface area contributed by atoms with Crippen LogP contribution in [0.2, 0.25) is 0 Å². The number of furan rings is 1. The molecule has 1 aromatic heterocycles. The molecule has 0 saturated heterocycles. The van der Waals surface area contributed by atoms with Gasteiger partial charge in [-0.25, -0.2) is 0 Å². The molecular formula is C11H9BrO2. The molecule has 72 valence electrons. The van der Waals surface area contributed by atoms with Crippen molar-refractivity contribution in [3.63, 3.8) is 0 Å². The van der Waals surface area contributed by atoms with Crippen LogP contribution >= 0.6 is 15.9 Å². The van der Waals surface area contributed by atoms with Crippen molar-refractivity contribution in [2.45, 2.75) is 13.3 Å². The van der Waals surface area contributed by atoms with Crippen LogP contribution in [-0.2, 0) is 11.2 Å². The van der Waals surface area contributed by atoms with E-state index in [4.69, 9.17) is 4.42 Å². The van der Waals surface area contributed by atoms with Crippen molar-refractivity contribution < 1.29 is 9.21 Å². The molecule has 14 heavy (non-hydrogen) atoms. The van der Waals surface area contributed by atoms with E-state index in [1.807, 2.05) is 18.2 Å². The second-order valence-corrected chi connectivity index (χ2v) is 4.15. The van der Waals surface area contributed by atoms with Gasteiger partial charge in [-0.3, -0.25) is 4.79 Å². The van der Waals surface area contributed by atoms with Crippen molar-refractivity contribution in [1.29, 1.82) is 0 Å². The summed E-state index contributed by atoms with van der Waals surface area (Å²) in [6.45, 7) is 1.59. The molecule has 0 unspecified atom stereocenters. The maximum atomic E-state index is 10.9. The summed E-state index contributed by atoms with van der Waals surface area (Å²) >= 11 is 3.39. The zero-order valence-electron chi connectivity index (χ0n) is 7.71. The molecule has 0 radical (unpaired) electrons. The van der Waals surface area contributed by atoms with Crippen LogP contribution in [0.15, 0.2) is 33.4 Å². The average molecular weight is 253 g/mol. The number of hydrogen-bond donors (Lipinski definition) is 0. The number of carbonyl (C=O) groups excluding carboxylic acids is 1. The van der Waals surface area contributed by atoms with Gasteiger partial charge in [0, 0.05) is 11.8 Å². The summed E-state index contributed by atoms with van der Waals surface area (Å²) < 4.78 is 6.21. The third-order valence-electron chi connectivity index (χ3n) is 2.04. The van der Waals surface area contributed by atoms with Gasteiger partial charge in [-0.15, -0.1) is 0 Å². The smallest absolute Gasteiger partial charge is 0.135 e. The van der Waals surface area contributed by atoms with Gasteiger partial charge in [0.25, 0.3) is 0 Å². The largest absolute Gasteiger partial charge is 0.463 e. The molecule has 0 amide bonds. The van der Waals surface area contributed by atoms with Crippen molar-refractivity contribution in [1.82, 2.24) is 0 Å². The number of benzene rings is 1. The molecule has 0 aliphatic heterocycles. The van der Waals surface area contributed by atoms with Gasteiger partial charge < -0.3 is 4.42 Å². The lowest BCUT2D eigenvalue weighted by atomic mass is 10.1. The average Bonchev–Trinajstić information content (AvgIpc) is 2.47. The van der Waals surface area contributed by atoms with Crippen LogP contribution in [-0.4, -0.2) is 5.78 Å². The highest BCUT2D eigenvalue weighted by atomic mass is 79.9. The number of Topliss-reactive ketones (excluding diaryl/α,β-unsaturated/α-hetero) is 1. The zero-order chi connectivity index (χ0) is 10.1. The Kier molecular flexibility index (Phi) is 2.42. The molecule has 1 heterocycles. The highest BCUT2D eigenvalue weighted by molar-refractivity contribution is 9.10. The summed E-state index contributed by atoms with van der Waals surface area (Å²) in [7, 11) is 0. The molecule has 0 aliphatic rings. The summed E-state index contributed by atoms with van der Waals surface area (Å²) in [6, 6.07) is 5.78. The summed E-state index contributed by atoms with van der Waals surface area (Å²) in [5.74, 6) is 0.170. The van der Waals surface area contributed by atoms with E-state index in [0.29, 0.717) is 6.42 Å². The van der Waals surface area contributed by atoms with Gasteiger partial charge >= 0.3 is 0 Å². The molecule has 2 rings (SSSR count). The van der Waals surface area contributed by atoms with Crippen molar-refractivity contribution in [2.24, 2.45) is 0 Å². The standard InChI is InChI=1S/C11H9BrO2/c1-7(13)4-8-2-3-11-9(5-8)10(12)6-14-11/h2-3,5-6H,4H2,1H3. The Morgan fingerprint density at radius 3 is 3.00 bits per heavy atom. The van der Waals surface area contributed by atoms with Gasteiger partial charge in [-0.1, -0.05) is 6.07 Å². The second-order valence-electron chi connectivity index (χ2n) is 3.29. The lowest BCUT2D eigenvalue weighted by molar-refractivity contribution is -0.116. The fraction of sp³-hybridized carbons (Fsp3) is 0.182. The van der Waals surface area contributed by atoms with Gasteiger partial charge in [-0.2, -0.15) is 0 Å². The summed E-state index contributed by atoms with van der Waals surface area (Å²) in [5.41, 5.74) is 1.86. The Hall–Kier alpha value is -1.09. The first-order valence-electron chi connectivity index (χ1n) is 4.32. The molecular weight excluding hydrogens is 244 g/mol. The number of hydrogen-bond acceptors (Lipinski definition) is 2. The first-order valence-corrected chi connectivity index (χ1v) is 5.11. The molecule has 2 aromatic rings. The number of carbonyl (C=O) groups is 1. The van der Waals surface area contributed by atoms with Crippen LogP contribution in [0.5, 0.6) is 0 Å². The first kappa shape index (κ1) is 9.46. The third kappa shape index (κ3) is 1.73. The molecule has 0 fully saturated rings. The van der Waals surface area contributed by atoms with E-state index in [2.05, 4.69) is 15.9 Å². The SMILES string of the molecule is CC(=O)Cc1ccc2occ(Br)c2c1. The molecule has 0 atom stereocenters. The minimum Gasteiger partial charge on any atom is -0.463 e. The minimum absolute atomic E-state index is 0.170. The van der Waals surface area contributed by atoms with E-state index < -0.39 is 0 Å². The van der Waals surface area contributed by atoms with Gasteiger partial charge in [0.2, 0.25) is 0 Å². The quantitative estimate of drug-likeness (QED) is 0.821. The van der Waals surface area contributed by atoms with Crippen LogP contribution in [0.1, 0.15) is 12.5 Å². The lowest BCUT2D eigenvalue weighted by Gasteiger charge is -1.97. The fourth-order valence-electron chi connectivity index (χ4n) is 1.44. The summed E-state index contributed by atoms with van der Waals surface area (Å²) in [4.78, 5) is 10.9. The minimum atomic E-state index is 0.170. The lowest BCUT2D eigenvalue weighted by Crippen LogP contribution is -1.95. The molecule has 1 aromatic carbocycles. The van der Waals surface area contributed by atoms with Gasteiger partial charge in [0.05, 0.1) is 4.47 Å². The molecule has 0 N–H and O–H groups in total. The number of rotatable bonds is 2. The molecule has 0 spiro atoms. The van der Waals surface area contributed by atoms with E-state index in [9.17, 15) is 4.79 Å². The first-order chi connectivity index (χ1) is 6.66. The van der Waals surface area contributed by atoms with Crippen molar-refractivity contribution in [3.05, 3.63) is 34.5 Å². The van der Waals surface area contributed by atoms with E-state index in [0.717, 1.165) is 21.0 Å². The fourth-order valence-corrected chi connectivity index (χ4v) is 1.85. The topological polar surface area (TPSA) is 30.2 Å². The zero-order valence-corrected chi connectivity index (χ0v) is 9.30. The van der Waals surface area contributed by atoms with Crippen LogP contribution in [0.3, 0.4) is 0 Å². The molecule has 0 bridgehead atoms. The van der Waals surface area contributed by atoms with Crippen molar-refractivity contribution in [3.8, 4) is 0 Å². The number of ketones is 1. The maximum Gasteiger partial charge on any atom is 0.135 e. The van der Waals surface area contributed by atoms with Crippen LogP contribution in [0, 0.1) is 0 Å². The summed E-state index contributed by atoms with van der Waals surface area (Å²) in [6.07, 6.45) is 2.13. The van der Waals surface area contributed by atoms with E-state index in [1.54, 1.807) is 13.2 Å². The van der Waals surface area contributed by atoms with E-state index in [-0.39, 0.29) is 5.78 Å². The monoisotopic (exact) mass is 252 g/mol. The predicted octanol–water partition coefficient (Wildman–Crippen LogP) is 3.33. The van der Waals surface area contributed by atoms with Crippen LogP contribution in [0.4, 0.5) is 0 Å². The predicted molar refractivity (Wildman–Crippen MR) is 58.3 cm³/mol. The Morgan fingerprint density at radius 2 is 2.29 bits per heavy atom. The number of fused-ring (bicyclic) bond motifs is 1. The Bertz CT molecular complexity index is 485. The van der Waals surface area contributed by atoms with Gasteiger partial charge in [0.15, 0.2) is 0 Å². The van der Waals surface area contributed by atoms with Gasteiger partial charge in [0.1, 0.15) is 17.6 Å². The Morgan fingerprint density at radius 1 is 1.50 bits per heavy atom. The van der Waals surface area contributed by atoms with Gasteiger partial charge in [-0.05, 0) is 40.5 Å². The molecule has 0 saturated carbocycles.